The minimum Gasteiger partial charge on any atom is -0.334 e. The van der Waals surface area contributed by atoms with E-state index in [9.17, 15) is 18.0 Å². The highest BCUT2D eigenvalue weighted by Gasteiger charge is 2.29. The summed E-state index contributed by atoms with van der Waals surface area (Å²) in [6.07, 6.45) is 1.64. The number of rotatable bonds is 10. The first-order chi connectivity index (χ1) is 12.2. The van der Waals surface area contributed by atoms with E-state index in [4.69, 9.17) is 0 Å². The van der Waals surface area contributed by atoms with Crippen molar-refractivity contribution in [1.82, 2.24) is 10.2 Å². The van der Waals surface area contributed by atoms with E-state index in [2.05, 4.69) is 25.7 Å². The fourth-order valence-corrected chi connectivity index (χ4v) is 2.56. The Hall–Kier alpha value is -1.98. The Balaban J connectivity index is 2.45. The molecule has 0 saturated heterocycles. The zero-order chi connectivity index (χ0) is 19.6. The van der Waals surface area contributed by atoms with Crippen molar-refractivity contribution in [2.45, 2.75) is 52.3 Å². The number of hydrogen-bond donors (Lipinski definition) is 1. The molecule has 0 radical (unpaired) electrons. The molecular formula is C20H29F3N2O. The van der Waals surface area contributed by atoms with E-state index < -0.39 is 11.7 Å². The van der Waals surface area contributed by atoms with E-state index in [-0.39, 0.29) is 12.6 Å². The summed E-state index contributed by atoms with van der Waals surface area (Å²) in [6, 6.07) is 4.59. The smallest absolute Gasteiger partial charge is 0.334 e. The lowest BCUT2D eigenvalue weighted by molar-refractivity contribution is -0.137. The molecule has 2 amide bonds. The molecule has 1 N–H and O–H groups in total. The van der Waals surface area contributed by atoms with E-state index in [0.29, 0.717) is 24.6 Å². The van der Waals surface area contributed by atoms with Gasteiger partial charge in [-0.15, -0.1) is 6.58 Å². The molecule has 0 bridgehead atoms. The van der Waals surface area contributed by atoms with Crippen LogP contribution in [0.4, 0.5) is 18.0 Å². The maximum absolute atomic E-state index is 12.6. The molecule has 0 unspecified atom stereocenters. The van der Waals surface area contributed by atoms with E-state index in [1.54, 1.807) is 11.0 Å². The zero-order valence-electron chi connectivity index (χ0n) is 15.6. The molecule has 26 heavy (non-hydrogen) atoms. The highest BCUT2D eigenvalue weighted by atomic mass is 19.4. The van der Waals surface area contributed by atoms with Crippen LogP contribution in [0.1, 0.15) is 50.7 Å². The van der Waals surface area contributed by atoms with Gasteiger partial charge in [0.25, 0.3) is 0 Å². The average molecular weight is 370 g/mol. The van der Waals surface area contributed by atoms with Crippen molar-refractivity contribution in [2.75, 3.05) is 13.1 Å². The van der Waals surface area contributed by atoms with Crippen molar-refractivity contribution >= 4 is 6.03 Å². The predicted octanol–water partition coefficient (Wildman–Crippen LogP) is 5.62. The molecule has 0 fully saturated rings. The minimum absolute atomic E-state index is 0.192. The molecule has 0 aliphatic carbocycles. The molecule has 1 aromatic carbocycles. The van der Waals surface area contributed by atoms with E-state index in [1.807, 2.05) is 0 Å². The second kappa shape index (κ2) is 10.9. The number of alkyl halides is 3. The van der Waals surface area contributed by atoms with Gasteiger partial charge in [-0.1, -0.05) is 51.3 Å². The van der Waals surface area contributed by atoms with Crippen molar-refractivity contribution in [2.24, 2.45) is 5.92 Å². The quantitative estimate of drug-likeness (QED) is 0.421. The lowest BCUT2D eigenvalue weighted by Crippen LogP contribution is -2.40. The maximum Gasteiger partial charge on any atom is 0.416 e. The Morgan fingerprint density at radius 1 is 1.19 bits per heavy atom. The van der Waals surface area contributed by atoms with Crippen LogP contribution in [0.15, 0.2) is 36.9 Å². The van der Waals surface area contributed by atoms with Gasteiger partial charge in [0, 0.05) is 19.6 Å². The van der Waals surface area contributed by atoms with E-state index in [0.717, 1.165) is 31.4 Å². The van der Waals surface area contributed by atoms with E-state index in [1.165, 1.54) is 18.6 Å². The van der Waals surface area contributed by atoms with Crippen LogP contribution in [0.25, 0.3) is 0 Å². The molecule has 6 heteroatoms. The highest BCUT2D eigenvalue weighted by molar-refractivity contribution is 5.74. The zero-order valence-corrected chi connectivity index (χ0v) is 15.6. The van der Waals surface area contributed by atoms with Crippen molar-refractivity contribution in [1.29, 1.82) is 0 Å². The van der Waals surface area contributed by atoms with Gasteiger partial charge in [0.2, 0.25) is 0 Å². The third-order valence-electron chi connectivity index (χ3n) is 4.07. The molecule has 0 aliphatic heterocycles. The molecule has 0 spiro atoms. The Morgan fingerprint density at radius 3 is 2.38 bits per heavy atom. The van der Waals surface area contributed by atoms with Crippen molar-refractivity contribution in [3.63, 3.8) is 0 Å². The van der Waals surface area contributed by atoms with Crippen LogP contribution in [-0.4, -0.2) is 24.0 Å². The normalized spacial score (nSPS) is 11.5. The fourth-order valence-electron chi connectivity index (χ4n) is 2.56. The lowest BCUT2D eigenvalue weighted by Gasteiger charge is -2.22. The fraction of sp³-hybridized carbons (Fsp3) is 0.550. The van der Waals surface area contributed by atoms with Crippen LogP contribution in [-0.2, 0) is 12.7 Å². The second-order valence-corrected chi connectivity index (χ2v) is 6.83. The molecule has 146 valence electrons. The van der Waals surface area contributed by atoms with Crippen LogP contribution in [0.2, 0.25) is 0 Å². The second-order valence-electron chi connectivity index (χ2n) is 6.83. The predicted molar refractivity (Wildman–Crippen MR) is 98.8 cm³/mol. The first-order valence-corrected chi connectivity index (χ1v) is 9.04. The molecule has 0 atom stereocenters. The number of unbranched alkanes of at least 4 members (excludes halogenated alkanes) is 2. The summed E-state index contributed by atoms with van der Waals surface area (Å²) in [5.74, 6) is 0.686. The highest BCUT2D eigenvalue weighted by Crippen LogP contribution is 2.29. The molecule has 3 nitrogen and oxygen atoms in total. The maximum atomic E-state index is 12.6. The van der Waals surface area contributed by atoms with Crippen molar-refractivity contribution < 1.29 is 18.0 Å². The first kappa shape index (κ1) is 22.1. The number of hydrogen-bond acceptors (Lipinski definition) is 1. The van der Waals surface area contributed by atoms with Gasteiger partial charge < -0.3 is 10.2 Å². The molecule has 1 aromatic rings. The van der Waals surface area contributed by atoms with Crippen molar-refractivity contribution in [3.8, 4) is 0 Å². The third-order valence-corrected chi connectivity index (χ3v) is 4.07. The van der Waals surface area contributed by atoms with Gasteiger partial charge in [0.15, 0.2) is 0 Å². The Labute approximate surface area is 154 Å². The summed E-state index contributed by atoms with van der Waals surface area (Å²) < 4.78 is 37.7. The summed E-state index contributed by atoms with van der Waals surface area (Å²) in [7, 11) is 0. The Kier molecular flexibility index (Phi) is 9.24. The molecule has 1 rings (SSSR count). The topological polar surface area (TPSA) is 32.3 Å². The van der Waals surface area contributed by atoms with Crippen LogP contribution in [0.5, 0.6) is 0 Å². The number of amides is 2. The minimum atomic E-state index is -4.35. The van der Waals surface area contributed by atoms with Crippen molar-refractivity contribution in [3.05, 3.63) is 48.0 Å². The number of carbonyl (C=O) groups excluding carboxylic acids is 1. The first-order valence-electron chi connectivity index (χ1n) is 9.04. The summed E-state index contributed by atoms with van der Waals surface area (Å²) in [5.41, 5.74) is -0.0657. The molecule has 0 aliphatic rings. The van der Waals surface area contributed by atoms with Gasteiger partial charge >= 0.3 is 12.2 Å². The van der Waals surface area contributed by atoms with Crippen LogP contribution in [0.3, 0.4) is 0 Å². The Morgan fingerprint density at radius 2 is 1.85 bits per heavy atom. The number of urea groups is 1. The third kappa shape index (κ3) is 8.41. The van der Waals surface area contributed by atoms with Crippen LogP contribution < -0.4 is 5.32 Å². The summed E-state index contributed by atoms with van der Waals surface area (Å²) >= 11 is 0. The number of halogens is 3. The van der Waals surface area contributed by atoms with E-state index >= 15 is 0 Å². The van der Waals surface area contributed by atoms with Crippen LogP contribution in [0, 0.1) is 5.92 Å². The van der Waals surface area contributed by atoms with Gasteiger partial charge in [-0.25, -0.2) is 4.79 Å². The molecule has 0 saturated carbocycles. The average Bonchev–Trinajstić information content (AvgIpc) is 2.57. The summed E-state index contributed by atoms with van der Waals surface area (Å²) in [4.78, 5) is 14.0. The number of nitrogens with zero attached hydrogens (tertiary/aromatic N) is 1. The molecular weight excluding hydrogens is 341 g/mol. The van der Waals surface area contributed by atoms with Gasteiger partial charge in [0.1, 0.15) is 0 Å². The SMILES string of the molecule is C=CCN(CCCCCC(C)C)C(=O)NCc1ccc(C(F)(F)F)cc1. The van der Waals surface area contributed by atoms with Gasteiger partial charge in [-0.05, 0) is 30.0 Å². The Bertz CT molecular complexity index is 553. The molecule has 0 aromatic heterocycles. The number of nitrogens with one attached hydrogen (secondary N) is 1. The summed E-state index contributed by atoms with van der Waals surface area (Å²) in [6.45, 7) is 9.34. The lowest BCUT2D eigenvalue weighted by atomic mass is 10.1. The monoisotopic (exact) mass is 370 g/mol. The van der Waals surface area contributed by atoms with Crippen LogP contribution >= 0.6 is 0 Å². The number of carbonyl (C=O) groups is 1. The van der Waals surface area contributed by atoms with Gasteiger partial charge in [0.05, 0.1) is 5.56 Å². The number of benzene rings is 1. The van der Waals surface area contributed by atoms with Gasteiger partial charge in [-0.3, -0.25) is 0 Å². The largest absolute Gasteiger partial charge is 0.416 e. The molecule has 0 heterocycles. The summed E-state index contributed by atoms with van der Waals surface area (Å²) in [5, 5.41) is 2.76. The van der Waals surface area contributed by atoms with Gasteiger partial charge in [-0.2, -0.15) is 13.2 Å². The standard InChI is InChI=1S/C20H29F3N2O/c1-4-13-25(14-7-5-6-8-16(2)3)19(26)24-15-17-9-11-18(12-10-17)20(21,22)23/h4,9-12,16H,1,5-8,13-15H2,2-3H3,(H,24,26).